The van der Waals surface area contributed by atoms with Gasteiger partial charge in [-0.3, -0.25) is 4.79 Å². The number of ether oxygens (including phenoxy) is 1. The lowest BCUT2D eigenvalue weighted by Crippen LogP contribution is -2.36. The van der Waals surface area contributed by atoms with Crippen LogP contribution in [-0.4, -0.2) is 53.0 Å². The molecule has 1 aromatic carbocycles. The van der Waals surface area contributed by atoms with Crippen LogP contribution >= 0.6 is 0 Å². The normalized spacial score (nSPS) is 22.0. The highest BCUT2D eigenvalue weighted by Crippen LogP contribution is 2.48. The van der Waals surface area contributed by atoms with Gasteiger partial charge in [-0.1, -0.05) is 0 Å². The average molecular weight is 413 g/mol. The minimum absolute atomic E-state index is 0.0108. The fraction of sp³-hybridized carbons (Fsp3) is 0.500. The molecule has 0 bridgehead atoms. The Morgan fingerprint density at radius 3 is 2.80 bits per heavy atom. The zero-order valence-corrected chi connectivity index (χ0v) is 17.6. The summed E-state index contributed by atoms with van der Waals surface area (Å²) >= 11 is 0. The maximum atomic E-state index is 14.0. The Morgan fingerprint density at radius 1 is 1.33 bits per heavy atom. The van der Waals surface area contributed by atoms with E-state index in [9.17, 15) is 9.18 Å². The molecule has 2 N–H and O–H groups in total. The number of nitrogens with one attached hydrogen (secondary N) is 2. The molecule has 1 aromatic heterocycles. The first kappa shape index (κ1) is 20.5. The standard InChI is InChI=1S/C22H28FN5O2/c1-4-28(13(2)3)22(29)15-7-14(23)5-6-19(15)30-20-11-25-12-27-21(20)26-10-18-16-8-24-9-17(16)18/h5-7,11-13,16-18,24H,4,8-10H2,1-3H3,(H,25,26,27). The molecule has 0 radical (unpaired) electrons. The summed E-state index contributed by atoms with van der Waals surface area (Å²) in [4.78, 5) is 23.1. The Labute approximate surface area is 176 Å². The van der Waals surface area contributed by atoms with E-state index in [1.54, 1.807) is 11.1 Å². The van der Waals surface area contributed by atoms with Crippen molar-refractivity contribution in [3.05, 3.63) is 42.1 Å². The average Bonchev–Trinajstić information content (AvgIpc) is 3.15. The van der Waals surface area contributed by atoms with Crippen LogP contribution in [0.3, 0.4) is 0 Å². The van der Waals surface area contributed by atoms with Crippen molar-refractivity contribution in [3.63, 3.8) is 0 Å². The zero-order chi connectivity index (χ0) is 21.3. The molecule has 1 amide bonds. The summed E-state index contributed by atoms with van der Waals surface area (Å²) in [5.74, 6) is 2.62. The van der Waals surface area contributed by atoms with E-state index in [1.807, 2.05) is 20.8 Å². The van der Waals surface area contributed by atoms with Gasteiger partial charge in [-0.05, 0) is 69.8 Å². The van der Waals surface area contributed by atoms with Gasteiger partial charge in [0.2, 0.25) is 0 Å². The van der Waals surface area contributed by atoms with Crippen molar-refractivity contribution in [2.45, 2.75) is 26.8 Å². The molecule has 2 heterocycles. The van der Waals surface area contributed by atoms with Crippen molar-refractivity contribution in [3.8, 4) is 11.5 Å². The van der Waals surface area contributed by atoms with Crippen molar-refractivity contribution in [1.82, 2.24) is 20.2 Å². The van der Waals surface area contributed by atoms with E-state index in [0.29, 0.717) is 24.0 Å². The van der Waals surface area contributed by atoms with Crippen molar-refractivity contribution in [2.24, 2.45) is 17.8 Å². The molecule has 4 rings (SSSR count). The van der Waals surface area contributed by atoms with Gasteiger partial charge < -0.3 is 20.3 Å². The molecule has 2 atom stereocenters. The van der Waals surface area contributed by atoms with Gasteiger partial charge >= 0.3 is 0 Å². The Kier molecular flexibility index (Phi) is 5.85. The lowest BCUT2D eigenvalue weighted by molar-refractivity contribution is 0.0713. The van der Waals surface area contributed by atoms with Crippen molar-refractivity contribution in [2.75, 3.05) is 31.5 Å². The first-order chi connectivity index (χ1) is 14.5. The van der Waals surface area contributed by atoms with Crippen LogP contribution in [0.2, 0.25) is 0 Å². The number of hydrogen-bond acceptors (Lipinski definition) is 6. The number of nitrogens with zero attached hydrogens (tertiary/aromatic N) is 3. The van der Waals surface area contributed by atoms with Gasteiger partial charge in [-0.15, -0.1) is 0 Å². The number of halogens is 1. The van der Waals surface area contributed by atoms with Crippen LogP contribution in [0, 0.1) is 23.6 Å². The minimum Gasteiger partial charge on any atom is -0.451 e. The van der Waals surface area contributed by atoms with E-state index >= 15 is 0 Å². The molecule has 1 saturated carbocycles. The molecule has 1 saturated heterocycles. The van der Waals surface area contributed by atoms with Gasteiger partial charge in [0.05, 0.1) is 11.8 Å². The summed E-state index contributed by atoms with van der Waals surface area (Å²) in [6.45, 7) is 9.24. The number of anilines is 1. The van der Waals surface area contributed by atoms with Crippen LogP contribution in [0.15, 0.2) is 30.7 Å². The number of carbonyl (C=O) groups excluding carboxylic acids is 1. The first-order valence-electron chi connectivity index (χ1n) is 10.5. The minimum atomic E-state index is -0.484. The molecule has 1 aliphatic heterocycles. The van der Waals surface area contributed by atoms with Crippen molar-refractivity contribution in [1.29, 1.82) is 0 Å². The summed E-state index contributed by atoms with van der Waals surface area (Å²) in [7, 11) is 0. The SMILES string of the molecule is CCN(C(=O)c1cc(F)ccc1Oc1cncnc1NCC1C2CNCC21)C(C)C. The zero-order valence-electron chi connectivity index (χ0n) is 17.6. The molecule has 2 fully saturated rings. The smallest absolute Gasteiger partial charge is 0.257 e. The summed E-state index contributed by atoms with van der Waals surface area (Å²) in [6, 6.07) is 3.97. The van der Waals surface area contributed by atoms with Crippen LogP contribution in [0.4, 0.5) is 10.2 Å². The fourth-order valence-electron chi connectivity index (χ4n) is 4.36. The molecule has 0 spiro atoms. The largest absolute Gasteiger partial charge is 0.451 e. The predicted octanol–water partition coefficient (Wildman–Crippen LogP) is 3.16. The highest BCUT2D eigenvalue weighted by Gasteiger charge is 2.52. The number of amides is 1. The lowest BCUT2D eigenvalue weighted by Gasteiger charge is -2.26. The quantitative estimate of drug-likeness (QED) is 0.692. The summed E-state index contributed by atoms with van der Waals surface area (Å²) in [5.41, 5.74) is 0.183. The summed E-state index contributed by atoms with van der Waals surface area (Å²) in [5, 5.41) is 6.76. The second-order valence-corrected chi connectivity index (χ2v) is 8.19. The van der Waals surface area contributed by atoms with Gasteiger partial charge in [0, 0.05) is 19.1 Å². The van der Waals surface area contributed by atoms with Crippen molar-refractivity contribution >= 4 is 11.7 Å². The van der Waals surface area contributed by atoms with E-state index in [4.69, 9.17) is 4.74 Å². The Bertz CT molecular complexity index is 912. The molecule has 30 heavy (non-hydrogen) atoms. The summed E-state index contributed by atoms with van der Waals surface area (Å²) in [6.07, 6.45) is 3.01. The Morgan fingerprint density at radius 2 is 2.10 bits per heavy atom. The third-order valence-corrected chi connectivity index (χ3v) is 6.07. The molecular formula is C22H28FN5O2. The topological polar surface area (TPSA) is 79.4 Å². The second kappa shape index (κ2) is 8.55. The number of fused-ring (bicyclic) bond motifs is 1. The monoisotopic (exact) mass is 413 g/mol. The molecule has 160 valence electrons. The van der Waals surface area contributed by atoms with Crippen LogP contribution < -0.4 is 15.4 Å². The third kappa shape index (κ3) is 4.09. The molecule has 2 unspecified atom stereocenters. The molecule has 8 heteroatoms. The van der Waals surface area contributed by atoms with E-state index in [-0.39, 0.29) is 23.3 Å². The van der Waals surface area contributed by atoms with Crippen LogP contribution in [-0.2, 0) is 0 Å². The van der Waals surface area contributed by atoms with Crippen LogP contribution in [0.25, 0.3) is 0 Å². The van der Waals surface area contributed by atoms with E-state index in [1.165, 1.54) is 24.5 Å². The molecule has 7 nitrogen and oxygen atoms in total. The second-order valence-electron chi connectivity index (χ2n) is 8.19. The van der Waals surface area contributed by atoms with E-state index < -0.39 is 5.82 Å². The number of carbonyl (C=O) groups is 1. The third-order valence-electron chi connectivity index (χ3n) is 6.07. The van der Waals surface area contributed by atoms with Gasteiger partial charge in [0.25, 0.3) is 5.91 Å². The van der Waals surface area contributed by atoms with Crippen LogP contribution in [0.5, 0.6) is 11.5 Å². The highest BCUT2D eigenvalue weighted by atomic mass is 19.1. The maximum absolute atomic E-state index is 14.0. The number of hydrogen-bond donors (Lipinski definition) is 2. The molecular weight excluding hydrogens is 385 g/mol. The Hall–Kier alpha value is -2.74. The Balaban J connectivity index is 1.53. The number of rotatable bonds is 8. The highest BCUT2D eigenvalue weighted by molar-refractivity contribution is 5.97. The number of piperidine rings is 1. The van der Waals surface area contributed by atoms with Gasteiger partial charge in [0.1, 0.15) is 17.9 Å². The van der Waals surface area contributed by atoms with Crippen molar-refractivity contribution < 1.29 is 13.9 Å². The molecule has 1 aliphatic carbocycles. The number of benzene rings is 1. The van der Waals surface area contributed by atoms with Gasteiger partial charge in [0.15, 0.2) is 11.6 Å². The summed E-state index contributed by atoms with van der Waals surface area (Å²) < 4.78 is 20.0. The van der Waals surface area contributed by atoms with E-state index in [2.05, 4.69) is 20.6 Å². The number of aromatic nitrogens is 2. The maximum Gasteiger partial charge on any atom is 0.257 e. The fourth-order valence-corrected chi connectivity index (χ4v) is 4.36. The van der Waals surface area contributed by atoms with Gasteiger partial charge in [-0.25, -0.2) is 14.4 Å². The van der Waals surface area contributed by atoms with E-state index in [0.717, 1.165) is 31.5 Å². The first-order valence-corrected chi connectivity index (χ1v) is 10.5. The molecule has 2 aromatic rings. The van der Waals surface area contributed by atoms with Crippen LogP contribution in [0.1, 0.15) is 31.1 Å². The molecule has 2 aliphatic rings. The predicted molar refractivity (Wildman–Crippen MR) is 112 cm³/mol. The van der Waals surface area contributed by atoms with Gasteiger partial charge in [-0.2, -0.15) is 0 Å². The lowest BCUT2D eigenvalue weighted by atomic mass is 10.1.